The number of nitrogens with one attached hydrogen (secondary N) is 1. The third-order valence-electron chi connectivity index (χ3n) is 4.84. The van der Waals surface area contributed by atoms with Crippen LogP contribution >= 0.6 is 0 Å². The number of aryl methyl sites for hydroxylation is 1. The molecule has 0 aliphatic heterocycles. The second-order valence-corrected chi connectivity index (χ2v) is 6.54. The standard InChI is InChI=1S/C17H29N3/c1-5-8-18-17(16-11-19-14(4)10-20-16)15-7-6-12(2)13(3)9-15/h10-13,15,17-18H,5-9H2,1-4H3. The Kier molecular flexibility index (Phi) is 5.53. The molecule has 0 bridgehead atoms. The molecule has 1 heterocycles. The Hall–Kier alpha value is -0.960. The second-order valence-electron chi connectivity index (χ2n) is 6.54. The molecule has 4 unspecified atom stereocenters. The molecule has 1 aromatic rings. The van der Waals surface area contributed by atoms with Crippen LogP contribution in [0.5, 0.6) is 0 Å². The molecule has 3 nitrogen and oxygen atoms in total. The highest BCUT2D eigenvalue weighted by Gasteiger charge is 2.31. The van der Waals surface area contributed by atoms with Gasteiger partial charge in [-0.25, -0.2) is 0 Å². The topological polar surface area (TPSA) is 37.8 Å². The molecule has 112 valence electrons. The fraction of sp³-hybridized carbons (Fsp3) is 0.765. The van der Waals surface area contributed by atoms with Crippen LogP contribution in [0, 0.1) is 24.7 Å². The fourth-order valence-corrected chi connectivity index (χ4v) is 3.27. The molecule has 2 rings (SSSR count). The summed E-state index contributed by atoms with van der Waals surface area (Å²) in [5.41, 5.74) is 2.12. The number of rotatable bonds is 5. The maximum atomic E-state index is 4.63. The van der Waals surface area contributed by atoms with Crippen LogP contribution in [0.3, 0.4) is 0 Å². The van der Waals surface area contributed by atoms with Crippen molar-refractivity contribution in [1.82, 2.24) is 15.3 Å². The Morgan fingerprint density at radius 3 is 2.60 bits per heavy atom. The van der Waals surface area contributed by atoms with Crippen LogP contribution in [0.1, 0.15) is 63.9 Å². The van der Waals surface area contributed by atoms with Gasteiger partial charge in [0.25, 0.3) is 0 Å². The summed E-state index contributed by atoms with van der Waals surface area (Å²) in [4.78, 5) is 9.06. The molecule has 3 heteroatoms. The van der Waals surface area contributed by atoms with E-state index in [4.69, 9.17) is 0 Å². The highest BCUT2D eigenvalue weighted by molar-refractivity contribution is 5.08. The van der Waals surface area contributed by atoms with E-state index in [0.29, 0.717) is 12.0 Å². The Balaban J connectivity index is 2.12. The molecule has 20 heavy (non-hydrogen) atoms. The summed E-state index contributed by atoms with van der Waals surface area (Å²) in [6, 6.07) is 0.373. The van der Waals surface area contributed by atoms with Crippen molar-refractivity contribution in [3.63, 3.8) is 0 Å². The van der Waals surface area contributed by atoms with E-state index >= 15 is 0 Å². The molecular weight excluding hydrogens is 246 g/mol. The molecule has 1 aliphatic carbocycles. The van der Waals surface area contributed by atoms with E-state index < -0.39 is 0 Å². The van der Waals surface area contributed by atoms with Crippen molar-refractivity contribution < 1.29 is 0 Å². The molecule has 4 atom stereocenters. The average molecular weight is 275 g/mol. The molecule has 0 saturated heterocycles. The molecule has 1 aliphatic rings. The zero-order valence-corrected chi connectivity index (χ0v) is 13.4. The molecule has 1 N–H and O–H groups in total. The van der Waals surface area contributed by atoms with Gasteiger partial charge in [0, 0.05) is 6.20 Å². The van der Waals surface area contributed by atoms with Crippen LogP contribution in [-0.2, 0) is 0 Å². The summed E-state index contributed by atoms with van der Waals surface area (Å²) in [5, 5.41) is 3.71. The van der Waals surface area contributed by atoms with Crippen molar-refractivity contribution in [1.29, 1.82) is 0 Å². The molecule has 1 saturated carbocycles. The summed E-state index contributed by atoms with van der Waals surface area (Å²) in [7, 11) is 0. The zero-order chi connectivity index (χ0) is 14.5. The van der Waals surface area contributed by atoms with Gasteiger partial charge in [0.05, 0.1) is 23.6 Å². The largest absolute Gasteiger partial charge is 0.308 e. The van der Waals surface area contributed by atoms with Crippen LogP contribution < -0.4 is 5.32 Å². The van der Waals surface area contributed by atoms with Gasteiger partial charge in [-0.15, -0.1) is 0 Å². The normalized spacial score (nSPS) is 28.3. The second kappa shape index (κ2) is 7.16. The van der Waals surface area contributed by atoms with E-state index in [1.165, 1.54) is 19.3 Å². The smallest absolute Gasteiger partial charge is 0.0759 e. The molecule has 1 fully saturated rings. The Morgan fingerprint density at radius 1 is 1.20 bits per heavy atom. The lowest BCUT2D eigenvalue weighted by Crippen LogP contribution is -2.34. The van der Waals surface area contributed by atoms with Crippen molar-refractivity contribution in [3.05, 3.63) is 23.8 Å². The highest BCUT2D eigenvalue weighted by Crippen LogP contribution is 2.39. The summed E-state index contributed by atoms with van der Waals surface area (Å²) in [6.07, 6.45) is 8.97. The van der Waals surface area contributed by atoms with Crippen molar-refractivity contribution in [2.75, 3.05) is 6.54 Å². The Morgan fingerprint density at radius 2 is 2.00 bits per heavy atom. The van der Waals surface area contributed by atoms with Gasteiger partial charge >= 0.3 is 0 Å². The van der Waals surface area contributed by atoms with Gasteiger partial charge in [-0.2, -0.15) is 0 Å². The van der Waals surface area contributed by atoms with Gasteiger partial charge < -0.3 is 5.32 Å². The van der Waals surface area contributed by atoms with Gasteiger partial charge in [-0.3, -0.25) is 9.97 Å². The maximum Gasteiger partial charge on any atom is 0.0759 e. The van der Waals surface area contributed by atoms with Gasteiger partial charge in [0.1, 0.15) is 0 Å². The van der Waals surface area contributed by atoms with Crippen molar-refractivity contribution in [2.24, 2.45) is 17.8 Å². The first-order valence-corrected chi connectivity index (χ1v) is 8.13. The minimum Gasteiger partial charge on any atom is -0.308 e. The quantitative estimate of drug-likeness (QED) is 0.885. The van der Waals surface area contributed by atoms with E-state index in [9.17, 15) is 0 Å². The summed E-state index contributed by atoms with van der Waals surface area (Å²) >= 11 is 0. The number of aromatic nitrogens is 2. The first-order valence-electron chi connectivity index (χ1n) is 8.13. The van der Waals surface area contributed by atoms with E-state index in [2.05, 4.69) is 36.1 Å². The Labute approximate surface area is 123 Å². The van der Waals surface area contributed by atoms with Crippen LogP contribution in [0.15, 0.2) is 12.4 Å². The van der Waals surface area contributed by atoms with Gasteiger partial charge in [0.15, 0.2) is 0 Å². The van der Waals surface area contributed by atoms with E-state index in [0.717, 1.165) is 36.2 Å². The van der Waals surface area contributed by atoms with Gasteiger partial charge in [-0.05, 0) is 50.5 Å². The summed E-state index contributed by atoms with van der Waals surface area (Å²) in [6.45, 7) is 10.1. The minimum absolute atomic E-state index is 0.373. The monoisotopic (exact) mass is 275 g/mol. The minimum atomic E-state index is 0.373. The van der Waals surface area contributed by atoms with Crippen LogP contribution in [0.25, 0.3) is 0 Å². The first kappa shape index (κ1) is 15.4. The number of hydrogen-bond donors (Lipinski definition) is 1. The van der Waals surface area contributed by atoms with Crippen LogP contribution in [0.2, 0.25) is 0 Å². The molecular formula is C17H29N3. The van der Waals surface area contributed by atoms with Gasteiger partial charge in [0.2, 0.25) is 0 Å². The SMILES string of the molecule is CCCNC(c1cnc(C)cn1)C1CCC(C)C(C)C1. The lowest BCUT2D eigenvalue weighted by atomic mass is 9.72. The fourth-order valence-electron chi connectivity index (χ4n) is 3.27. The third kappa shape index (κ3) is 3.78. The third-order valence-corrected chi connectivity index (χ3v) is 4.84. The molecule has 0 aromatic carbocycles. The van der Waals surface area contributed by atoms with Crippen molar-refractivity contribution in [2.45, 2.75) is 59.4 Å². The molecule has 0 radical (unpaired) electrons. The van der Waals surface area contributed by atoms with E-state index in [1.807, 2.05) is 19.3 Å². The summed E-state index contributed by atoms with van der Waals surface area (Å²) < 4.78 is 0. The number of nitrogens with zero attached hydrogens (tertiary/aromatic N) is 2. The number of hydrogen-bond acceptors (Lipinski definition) is 3. The zero-order valence-electron chi connectivity index (χ0n) is 13.4. The molecule has 0 spiro atoms. The van der Waals surface area contributed by atoms with Crippen LogP contribution in [-0.4, -0.2) is 16.5 Å². The molecule has 1 aromatic heterocycles. The lowest BCUT2D eigenvalue weighted by molar-refractivity contribution is 0.169. The van der Waals surface area contributed by atoms with Crippen molar-refractivity contribution >= 4 is 0 Å². The van der Waals surface area contributed by atoms with E-state index in [1.54, 1.807) is 0 Å². The Bertz CT molecular complexity index is 401. The first-order chi connectivity index (χ1) is 9.61. The highest BCUT2D eigenvalue weighted by atomic mass is 15.0. The summed E-state index contributed by atoms with van der Waals surface area (Å²) in [5.74, 6) is 2.38. The van der Waals surface area contributed by atoms with Crippen LogP contribution in [0.4, 0.5) is 0 Å². The molecule has 0 amide bonds. The maximum absolute atomic E-state index is 4.63. The van der Waals surface area contributed by atoms with Crippen molar-refractivity contribution in [3.8, 4) is 0 Å². The van der Waals surface area contributed by atoms with E-state index in [-0.39, 0.29) is 0 Å². The average Bonchev–Trinajstić information content (AvgIpc) is 2.45. The predicted molar refractivity (Wildman–Crippen MR) is 83.5 cm³/mol. The predicted octanol–water partition coefficient (Wildman–Crippen LogP) is 3.90. The lowest BCUT2D eigenvalue weighted by Gasteiger charge is -2.36. The van der Waals surface area contributed by atoms with Gasteiger partial charge in [-0.1, -0.05) is 27.2 Å².